The summed E-state index contributed by atoms with van der Waals surface area (Å²) in [7, 11) is 0. The number of carbonyl (C=O) groups is 2. The number of fused-ring (bicyclic) bond motifs is 1. The number of aliphatic carboxylic acids is 2. The Labute approximate surface area is 144 Å². The topological polar surface area (TPSA) is 115 Å². The Kier molecular flexibility index (Phi) is 6.67. The quantitative estimate of drug-likeness (QED) is 0.417. The van der Waals surface area contributed by atoms with E-state index in [2.05, 4.69) is 51.8 Å². The number of rotatable bonds is 5. The van der Waals surface area contributed by atoms with Crippen LogP contribution in [0.1, 0.15) is 11.1 Å². The van der Waals surface area contributed by atoms with E-state index in [0.717, 1.165) is 19.5 Å². The summed E-state index contributed by atoms with van der Waals surface area (Å²) >= 11 is 0. The lowest BCUT2D eigenvalue weighted by atomic mass is 10.1. The minimum atomic E-state index is -1.82. The zero-order valence-corrected chi connectivity index (χ0v) is 13.5. The van der Waals surface area contributed by atoms with Gasteiger partial charge in [0.05, 0.1) is 0 Å². The van der Waals surface area contributed by atoms with Gasteiger partial charge in [-0.3, -0.25) is 4.98 Å². The Balaban J connectivity index is 0.000000326. The predicted octanol–water partition coefficient (Wildman–Crippen LogP) is 2.05. The highest BCUT2D eigenvalue weighted by molar-refractivity contribution is 6.27. The zero-order valence-electron chi connectivity index (χ0n) is 13.5. The summed E-state index contributed by atoms with van der Waals surface area (Å²) in [6.45, 7) is 1.84. The van der Waals surface area contributed by atoms with Crippen LogP contribution < -0.4 is 5.32 Å². The first-order chi connectivity index (χ1) is 12.1. The second-order valence-electron chi connectivity index (χ2n) is 5.26. The van der Waals surface area contributed by atoms with Crippen LogP contribution in [0.25, 0.3) is 10.9 Å². The zero-order chi connectivity index (χ0) is 18.1. The second-order valence-corrected chi connectivity index (χ2v) is 5.26. The van der Waals surface area contributed by atoms with Crippen LogP contribution in [0.5, 0.6) is 0 Å². The van der Waals surface area contributed by atoms with Crippen molar-refractivity contribution in [2.75, 3.05) is 6.54 Å². The third kappa shape index (κ3) is 5.74. The minimum Gasteiger partial charge on any atom is -0.473 e. The molecule has 0 saturated heterocycles. The Bertz CT molecular complexity index is 818. The molecule has 2 heterocycles. The average molecular weight is 341 g/mol. The van der Waals surface area contributed by atoms with E-state index in [0.29, 0.717) is 0 Å². The molecule has 130 valence electrons. The molecule has 3 aromatic rings. The van der Waals surface area contributed by atoms with E-state index >= 15 is 0 Å². The maximum absolute atomic E-state index is 9.10. The van der Waals surface area contributed by atoms with Crippen molar-refractivity contribution in [3.63, 3.8) is 0 Å². The van der Waals surface area contributed by atoms with E-state index < -0.39 is 11.9 Å². The molecular formula is C18H19N3O4. The number of hydrogen-bond acceptors (Lipinski definition) is 4. The van der Waals surface area contributed by atoms with Gasteiger partial charge < -0.3 is 20.5 Å². The lowest BCUT2D eigenvalue weighted by Gasteiger charge is -2.04. The van der Waals surface area contributed by atoms with Crippen LogP contribution >= 0.6 is 0 Å². The Morgan fingerprint density at radius 2 is 1.84 bits per heavy atom. The highest BCUT2D eigenvalue weighted by atomic mass is 16.4. The standard InChI is InChI=1S/C16H17N3.C2H2O4/c1-2-6-16-15(5-1)14(12-19-16)7-9-18-11-13-4-3-8-17-10-13;3-1(4)2(5)6/h1-6,8,10,12,18-19H,7,9,11H2;(H,3,4)(H,5,6). The lowest BCUT2D eigenvalue weighted by molar-refractivity contribution is -0.159. The molecule has 7 nitrogen and oxygen atoms in total. The molecule has 0 aliphatic carbocycles. The summed E-state index contributed by atoms with van der Waals surface area (Å²) in [6, 6.07) is 12.5. The highest BCUT2D eigenvalue weighted by Crippen LogP contribution is 2.17. The number of para-hydroxylation sites is 1. The van der Waals surface area contributed by atoms with E-state index in [1.165, 1.54) is 22.0 Å². The minimum absolute atomic E-state index is 0.871. The summed E-state index contributed by atoms with van der Waals surface area (Å²) < 4.78 is 0. The second kappa shape index (κ2) is 9.19. The van der Waals surface area contributed by atoms with Gasteiger partial charge in [0.2, 0.25) is 0 Å². The van der Waals surface area contributed by atoms with Crippen LogP contribution in [0, 0.1) is 0 Å². The number of nitrogens with zero attached hydrogens (tertiary/aromatic N) is 1. The third-order valence-electron chi connectivity index (χ3n) is 3.48. The molecular weight excluding hydrogens is 322 g/mol. The number of H-pyrrole nitrogens is 1. The molecule has 0 atom stereocenters. The SMILES string of the molecule is O=C(O)C(=O)O.c1cncc(CNCCc2c[nH]c3ccccc23)c1. The molecule has 0 spiro atoms. The summed E-state index contributed by atoms with van der Waals surface area (Å²) in [5.74, 6) is -3.65. The van der Waals surface area contributed by atoms with E-state index in [1.807, 2.05) is 12.3 Å². The van der Waals surface area contributed by atoms with E-state index in [-0.39, 0.29) is 0 Å². The number of aromatic nitrogens is 2. The summed E-state index contributed by atoms with van der Waals surface area (Å²) in [5, 5.41) is 19.6. The fraction of sp³-hybridized carbons (Fsp3) is 0.167. The van der Waals surface area contributed by atoms with Gasteiger partial charge in [0, 0.05) is 36.0 Å². The van der Waals surface area contributed by atoms with Gasteiger partial charge in [-0.25, -0.2) is 9.59 Å². The number of benzene rings is 1. The molecule has 0 unspecified atom stereocenters. The summed E-state index contributed by atoms with van der Waals surface area (Å²) in [5.41, 5.74) is 3.81. The van der Waals surface area contributed by atoms with Crippen molar-refractivity contribution in [3.05, 3.63) is 66.1 Å². The number of nitrogens with one attached hydrogen (secondary N) is 2. The first-order valence-electron chi connectivity index (χ1n) is 7.68. The maximum atomic E-state index is 9.10. The van der Waals surface area contributed by atoms with Crippen LogP contribution in [-0.2, 0) is 22.6 Å². The van der Waals surface area contributed by atoms with Gasteiger partial charge >= 0.3 is 11.9 Å². The molecule has 7 heteroatoms. The van der Waals surface area contributed by atoms with Gasteiger partial charge in [0.1, 0.15) is 0 Å². The van der Waals surface area contributed by atoms with Crippen molar-refractivity contribution in [1.29, 1.82) is 0 Å². The van der Waals surface area contributed by atoms with Crippen LogP contribution in [0.3, 0.4) is 0 Å². The maximum Gasteiger partial charge on any atom is 0.414 e. The van der Waals surface area contributed by atoms with Crippen molar-refractivity contribution >= 4 is 22.8 Å². The molecule has 0 aliphatic rings. The molecule has 2 aromatic heterocycles. The monoisotopic (exact) mass is 341 g/mol. The van der Waals surface area contributed by atoms with E-state index in [4.69, 9.17) is 19.8 Å². The van der Waals surface area contributed by atoms with Gasteiger partial charge in [-0.2, -0.15) is 0 Å². The van der Waals surface area contributed by atoms with Crippen molar-refractivity contribution in [2.24, 2.45) is 0 Å². The summed E-state index contributed by atoms with van der Waals surface area (Å²) in [6.07, 6.45) is 6.84. The van der Waals surface area contributed by atoms with Crippen LogP contribution in [0.15, 0.2) is 55.0 Å². The molecule has 0 aliphatic heterocycles. The lowest BCUT2D eigenvalue weighted by Crippen LogP contribution is -2.16. The molecule has 4 N–H and O–H groups in total. The molecule has 0 fully saturated rings. The summed E-state index contributed by atoms with van der Waals surface area (Å²) in [4.78, 5) is 25.6. The van der Waals surface area contributed by atoms with Gasteiger partial charge in [-0.15, -0.1) is 0 Å². The number of hydrogen-bond donors (Lipinski definition) is 4. The fourth-order valence-corrected chi connectivity index (χ4v) is 2.30. The van der Waals surface area contributed by atoms with E-state index in [9.17, 15) is 0 Å². The molecule has 0 radical (unpaired) electrons. The number of pyridine rings is 1. The van der Waals surface area contributed by atoms with Gasteiger partial charge in [-0.1, -0.05) is 24.3 Å². The molecule has 0 saturated carbocycles. The predicted molar refractivity (Wildman–Crippen MR) is 93.2 cm³/mol. The highest BCUT2D eigenvalue weighted by Gasteiger charge is 2.04. The third-order valence-corrected chi connectivity index (χ3v) is 3.48. The molecule has 0 bridgehead atoms. The van der Waals surface area contributed by atoms with Crippen molar-refractivity contribution in [2.45, 2.75) is 13.0 Å². The molecule has 3 rings (SSSR count). The Morgan fingerprint density at radius 1 is 1.08 bits per heavy atom. The van der Waals surface area contributed by atoms with Crippen molar-refractivity contribution in [3.8, 4) is 0 Å². The fourth-order valence-electron chi connectivity index (χ4n) is 2.30. The first-order valence-corrected chi connectivity index (χ1v) is 7.68. The number of carboxylic acid groups (broad SMARTS) is 2. The number of aromatic amines is 1. The van der Waals surface area contributed by atoms with Crippen molar-refractivity contribution in [1.82, 2.24) is 15.3 Å². The van der Waals surface area contributed by atoms with Gasteiger partial charge in [-0.05, 0) is 36.2 Å². The Morgan fingerprint density at radius 3 is 2.52 bits per heavy atom. The van der Waals surface area contributed by atoms with Crippen molar-refractivity contribution < 1.29 is 19.8 Å². The molecule has 0 amide bonds. The Hall–Kier alpha value is -3.19. The molecule has 25 heavy (non-hydrogen) atoms. The largest absolute Gasteiger partial charge is 0.473 e. The van der Waals surface area contributed by atoms with Crippen LogP contribution in [0.4, 0.5) is 0 Å². The number of carboxylic acids is 2. The first kappa shape index (κ1) is 18.2. The average Bonchev–Trinajstić information content (AvgIpc) is 3.03. The van der Waals surface area contributed by atoms with Crippen LogP contribution in [-0.4, -0.2) is 38.7 Å². The van der Waals surface area contributed by atoms with Gasteiger partial charge in [0.25, 0.3) is 0 Å². The smallest absolute Gasteiger partial charge is 0.414 e. The molecule has 1 aromatic carbocycles. The van der Waals surface area contributed by atoms with Gasteiger partial charge in [0.15, 0.2) is 0 Å². The van der Waals surface area contributed by atoms with Crippen LogP contribution in [0.2, 0.25) is 0 Å². The normalized spacial score (nSPS) is 10.1. The van der Waals surface area contributed by atoms with E-state index in [1.54, 1.807) is 6.20 Å².